The maximum Gasteiger partial charge on any atom is 0.254 e. The van der Waals surface area contributed by atoms with Crippen molar-refractivity contribution in [2.45, 2.75) is 26.7 Å². The van der Waals surface area contributed by atoms with Gasteiger partial charge in [-0.25, -0.2) is 4.98 Å². The number of hydrogen-bond acceptors (Lipinski definition) is 4. The van der Waals surface area contributed by atoms with Crippen LogP contribution >= 0.6 is 11.6 Å². The Balaban J connectivity index is 2.63. The summed E-state index contributed by atoms with van der Waals surface area (Å²) in [5.41, 5.74) is 0.938. The Morgan fingerprint density at radius 3 is 2.59 bits per heavy atom. The van der Waals surface area contributed by atoms with Gasteiger partial charge in [-0.2, -0.15) is 9.50 Å². The highest BCUT2D eigenvalue weighted by atomic mass is 35.5. The van der Waals surface area contributed by atoms with E-state index in [1.54, 1.807) is 4.52 Å². The molecule has 0 aromatic carbocycles. The Labute approximate surface area is 105 Å². The number of halogens is 1. The van der Waals surface area contributed by atoms with Crippen LogP contribution in [-0.2, 0) is 5.88 Å². The van der Waals surface area contributed by atoms with Gasteiger partial charge in [0, 0.05) is 24.8 Å². The molecule has 92 valence electrons. The number of nitrogens with zero attached hydrogens (tertiary/aromatic N) is 5. The third-order valence-corrected chi connectivity index (χ3v) is 2.91. The van der Waals surface area contributed by atoms with Crippen LogP contribution in [0.3, 0.4) is 0 Å². The number of fused-ring (bicyclic) bond motifs is 1. The number of hydrogen-bond donors (Lipinski definition) is 0. The summed E-state index contributed by atoms with van der Waals surface area (Å²) >= 11 is 5.76. The normalized spacial score (nSPS) is 11.1. The Morgan fingerprint density at radius 2 is 2.00 bits per heavy atom. The minimum absolute atomic E-state index is 0.306. The predicted molar refractivity (Wildman–Crippen MR) is 68.6 cm³/mol. The number of aryl methyl sites for hydroxylation is 1. The molecule has 0 unspecified atom stereocenters. The summed E-state index contributed by atoms with van der Waals surface area (Å²) in [5.74, 6) is 2.54. The van der Waals surface area contributed by atoms with Crippen LogP contribution in [0.1, 0.15) is 25.4 Å². The Kier molecular flexibility index (Phi) is 3.47. The second-order valence-corrected chi connectivity index (χ2v) is 4.07. The lowest BCUT2D eigenvalue weighted by atomic mass is 10.4. The SMILES string of the molecule is CCN(CC)c1cc(C)nc2nc(CCl)nn12. The molecule has 6 heteroatoms. The third kappa shape index (κ3) is 2.20. The van der Waals surface area contributed by atoms with Gasteiger partial charge in [-0.3, -0.25) is 0 Å². The monoisotopic (exact) mass is 253 g/mol. The number of alkyl halides is 1. The first kappa shape index (κ1) is 12.1. The summed E-state index contributed by atoms with van der Waals surface area (Å²) in [6.07, 6.45) is 0. The van der Waals surface area contributed by atoms with E-state index in [1.807, 2.05) is 13.0 Å². The highest BCUT2D eigenvalue weighted by Crippen LogP contribution is 2.16. The first-order valence-electron chi connectivity index (χ1n) is 5.73. The maximum atomic E-state index is 5.76. The van der Waals surface area contributed by atoms with Gasteiger partial charge < -0.3 is 4.90 Å². The van der Waals surface area contributed by atoms with Crippen molar-refractivity contribution in [3.8, 4) is 0 Å². The van der Waals surface area contributed by atoms with Gasteiger partial charge in [-0.15, -0.1) is 16.7 Å². The first-order valence-corrected chi connectivity index (χ1v) is 6.27. The molecule has 0 N–H and O–H groups in total. The predicted octanol–water partition coefficient (Wildman–Crippen LogP) is 2.02. The standard InChI is InChI=1S/C11H16ClN5/c1-4-16(5-2)10-6-8(3)13-11-14-9(7-12)15-17(10)11/h6H,4-5,7H2,1-3H3. The second-order valence-electron chi connectivity index (χ2n) is 3.80. The van der Waals surface area contributed by atoms with Crippen molar-refractivity contribution in [3.63, 3.8) is 0 Å². The molecule has 0 aliphatic heterocycles. The van der Waals surface area contributed by atoms with Crippen molar-refractivity contribution in [1.29, 1.82) is 0 Å². The van der Waals surface area contributed by atoms with Crippen LogP contribution in [-0.4, -0.2) is 32.7 Å². The highest BCUT2D eigenvalue weighted by Gasteiger charge is 2.12. The summed E-state index contributed by atoms with van der Waals surface area (Å²) < 4.78 is 1.76. The molecule has 0 atom stereocenters. The minimum atomic E-state index is 0.306. The van der Waals surface area contributed by atoms with Crippen molar-refractivity contribution in [1.82, 2.24) is 19.6 Å². The quantitative estimate of drug-likeness (QED) is 0.782. The van der Waals surface area contributed by atoms with Gasteiger partial charge in [-0.1, -0.05) is 0 Å². The lowest BCUT2D eigenvalue weighted by Gasteiger charge is -2.21. The van der Waals surface area contributed by atoms with Crippen LogP contribution in [0, 0.1) is 6.92 Å². The van der Waals surface area contributed by atoms with E-state index in [0.29, 0.717) is 17.5 Å². The van der Waals surface area contributed by atoms with E-state index in [2.05, 4.69) is 33.8 Å². The van der Waals surface area contributed by atoms with Crippen LogP contribution in [0.25, 0.3) is 5.78 Å². The van der Waals surface area contributed by atoms with E-state index < -0.39 is 0 Å². The fourth-order valence-electron chi connectivity index (χ4n) is 1.84. The second kappa shape index (κ2) is 4.87. The molecular formula is C11H16ClN5. The van der Waals surface area contributed by atoms with Crippen molar-refractivity contribution >= 4 is 23.2 Å². The van der Waals surface area contributed by atoms with Crippen LogP contribution in [0.5, 0.6) is 0 Å². The summed E-state index contributed by atoms with van der Waals surface area (Å²) in [6, 6.07) is 2.02. The van der Waals surface area contributed by atoms with Gasteiger partial charge in [0.15, 0.2) is 5.82 Å². The Bertz CT molecular complexity index is 518. The van der Waals surface area contributed by atoms with E-state index in [9.17, 15) is 0 Å². The summed E-state index contributed by atoms with van der Waals surface area (Å²) in [5, 5.41) is 4.36. The van der Waals surface area contributed by atoms with Gasteiger partial charge in [0.05, 0.1) is 5.88 Å². The molecule has 0 spiro atoms. The summed E-state index contributed by atoms with van der Waals surface area (Å²) in [4.78, 5) is 10.9. The topological polar surface area (TPSA) is 46.3 Å². The molecule has 2 heterocycles. The smallest absolute Gasteiger partial charge is 0.254 e. The van der Waals surface area contributed by atoms with Crippen LogP contribution in [0.4, 0.5) is 5.82 Å². The fourth-order valence-corrected chi connectivity index (χ4v) is 1.95. The van der Waals surface area contributed by atoms with Crippen molar-refractivity contribution < 1.29 is 0 Å². The van der Waals surface area contributed by atoms with Gasteiger partial charge in [0.25, 0.3) is 5.78 Å². The average molecular weight is 254 g/mol. The molecule has 2 aromatic heterocycles. The van der Waals surface area contributed by atoms with E-state index in [-0.39, 0.29) is 0 Å². The van der Waals surface area contributed by atoms with Crippen molar-refractivity contribution in [3.05, 3.63) is 17.6 Å². The van der Waals surface area contributed by atoms with Gasteiger partial charge in [-0.05, 0) is 20.8 Å². The third-order valence-electron chi connectivity index (χ3n) is 2.67. The van der Waals surface area contributed by atoms with Gasteiger partial charge >= 0.3 is 0 Å². The zero-order valence-corrected chi connectivity index (χ0v) is 11.1. The first-order chi connectivity index (χ1) is 8.19. The van der Waals surface area contributed by atoms with Crippen LogP contribution in [0.2, 0.25) is 0 Å². The lowest BCUT2D eigenvalue weighted by Crippen LogP contribution is -2.25. The van der Waals surface area contributed by atoms with Crippen LogP contribution < -0.4 is 4.90 Å². The van der Waals surface area contributed by atoms with Crippen LogP contribution in [0.15, 0.2) is 6.07 Å². The van der Waals surface area contributed by atoms with E-state index >= 15 is 0 Å². The Hall–Kier alpha value is -1.36. The molecule has 0 aliphatic carbocycles. The molecule has 0 saturated heterocycles. The van der Waals surface area contributed by atoms with E-state index in [4.69, 9.17) is 11.6 Å². The zero-order valence-electron chi connectivity index (χ0n) is 10.3. The molecule has 0 saturated carbocycles. The minimum Gasteiger partial charge on any atom is -0.357 e. The van der Waals surface area contributed by atoms with E-state index in [1.165, 1.54) is 0 Å². The number of anilines is 1. The molecule has 0 radical (unpaired) electrons. The largest absolute Gasteiger partial charge is 0.357 e. The van der Waals surface area contributed by atoms with Crippen molar-refractivity contribution in [2.24, 2.45) is 0 Å². The zero-order chi connectivity index (χ0) is 12.4. The maximum absolute atomic E-state index is 5.76. The molecule has 0 amide bonds. The molecule has 5 nitrogen and oxygen atoms in total. The molecule has 17 heavy (non-hydrogen) atoms. The summed E-state index contributed by atoms with van der Waals surface area (Å²) in [7, 11) is 0. The molecule has 2 aromatic rings. The average Bonchev–Trinajstić information content (AvgIpc) is 2.73. The van der Waals surface area contributed by atoms with Crippen molar-refractivity contribution in [2.75, 3.05) is 18.0 Å². The number of aromatic nitrogens is 4. The lowest BCUT2D eigenvalue weighted by molar-refractivity contribution is 0.791. The molecule has 0 aliphatic rings. The number of rotatable bonds is 4. The molecule has 2 rings (SSSR count). The molecule has 0 fully saturated rings. The summed E-state index contributed by atoms with van der Waals surface area (Å²) in [6.45, 7) is 8.03. The Morgan fingerprint density at radius 1 is 1.29 bits per heavy atom. The highest BCUT2D eigenvalue weighted by molar-refractivity contribution is 6.16. The molecular weight excluding hydrogens is 238 g/mol. The van der Waals surface area contributed by atoms with Gasteiger partial charge in [0.2, 0.25) is 0 Å². The van der Waals surface area contributed by atoms with Gasteiger partial charge in [0.1, 0.15) is 5.82 Å². The van der Waals surface area contributed by atoms with E-state index in [0.717, 1.165) is 24.6 Å². The molecule has 0 bridgehead atoms. The fraction of sp³-hybridized carbons (Fsp3) is 0.545.